The maximum Gasteiger partial charge on any atom is 0.412 e. The molecule has 3 aromatic carbocycles. The number of aliphatic hydroxyl groups excluding tert-OH is 1. The number of nitrogens with two attached hydrogens (primary N) is 1. The van der Waals surface area contributed by atoms with E-state index in [1.165, 1.54) is 12.1 Å². The number of hydrogen-bond donors (Lipinski definition) is 7. The van der Waals surface area contributed by atoms with Crippen molar-refractivity contribution >= 4 is 28.6 Å². The molecule has 2 aliphatic rings. The van der Waals surface area contributed by atoms with Gasteiger partial charge in [-0.25, -0.2) is 4.79 Å². The van der Waals surface area contributed by atoms with Crippen LogP contribution in [0.15, 0.2) is 77.6 Å². The van der Waals surface area contributed by atoms with Crippen molar-refractivity contribution in [2.45, 2.75) is 82.4 Å². The molecule has 0 spiro atoms. The molecule has 52 heavy (non-hydrogen) atoms. The Labute approximate surface area is 304 Å². The Bertz CT molecular complexity index is 1880. The first-order valence-electron chi connectivity index (χ1n) is 18.7. The Morgan fingerprint density at radius 3 is 2.40 bits per heavy atom. The summed E-state index contributed by atoms with van der Waals surface area (Å²) in [7, 11) is 0. The lowest BCUT2D eigenvalue weighted by molar-refractivity contribution is -0.126. The zero-order chi connectivity index (χ0) is 36.6. The van der Waals surface area contributed by atoms with Crippen LogP contribution < -0.4 is 26.8 Å². The maximum atomic E-state index is 13.1. The van der Waals surface area contributed by atoms with Gasteiger partial charge in [0, 0.05) is 48.1 Å². The van der Waals surface area contributed by atoms with Gasteiger partial charge in [-0.1, -0.05) is 48.5 Å². The summed E-state index contributed by atoms with van der Waals surface area (Å²) in [5.74, 6) is 0.446. The number of aryl methyl sites for hydroxylation is 1. The fourth-order valence-electron chi connectivity index (χ4n) is 7.97. The molecule has 1 aromatic heterocycles. The Morgan fingerprint density at radius 1 is 0.923 bits per heavy atom. The zero-order valence-electron chi connectivity index (χ0n) is 29.6. The van der Waals surface area contributed by atoms with Crippen molar-refractivity contribution in [1.29, 1.82) is 0 Å². The number of nitrogens with zero attached hydrogens (tertiary/aromatic N) is 1. The number of carbonyl (C=O) groups excluding carboxylic acids is 1. The number of aliphatic hydroxyl groups is 1. The topological polar surface area (TPSA) is 181 Å². The highest BCUT2D eigenvalue weighted by molar-refractivity contribution is 5.94. The highest BCUT2D eigenvalue weighted by atomic mass is 16.4. The van der Waals surface area contributed by atoms with Gasteiger partial charge in [0.1, 0.15) is 5.75 Å². The van der Waals surface area contributed by atoms with E-state index >= 15 is 0 Å². The number of fused-ring (bicyclic) bond motifs is 1. The number of amides is 2. The number of phenolic OH excluding ortho intramolecular Hbond substituents is 1. The normalized spacial score (nSPS) is 21.0. The molecule has 0 aliphatic heterocycles. The second kappa shape index (κ2) is 17.2. The van der Waals surface area contributed by atoms with E-state index in [4.69, 9.17) is 5.73 Å². The van der Waals surface area contributed by atoms with Crippen molar-refractivity contribution in [3.8, 4) is 16.9 Å². The molecule has 4 aromatic rings. The standard InChI is InChI=1S/C41H51N5O6/c42-30-13-15-31(16-14-30)46(41(51)52)35-23-26(10-17-32(35)28-6-2-1-3-7-28)5-4-22-44-40(50)29-11-8-27(9-12-29)24-43-25-37(48)33-18-20-36(47)39-34(33)19-21-38(49)45-39/h1-3,6-7,10,17-21,23,27,29-31,37,43,47-48H,4-5,8-9,11-16,22,24-25,42H2,(H,44,50)(H,45,49)(H,51,52)/t27?,29?,30?,31?,37-/m1/s1. The molecule has 2 aliphatic carbocycles. The number of benzene rings is 3. The number of rotatable bonds is 13. The Kier molecular flexibility index (Phi) is 12.3. The summed E-state index contributed by atoms with van der Waals surface area (Å²) in [6, 6.07) is 22.1. The molecular weight excluding hydrogens is 658 g/mol. The third-order valence-electron chi connectivity index (χ3n) is 10.9. The molecule has 8 N–H and O–H groups in total. The first kappa shape index (κ1) is 37.1. The minimum absolute atomic E-state index is 0.0168. The van der Waals surface area contributed by atoms with E-state index in [-0.39, 0.29) is 35.2 Å². The number of carboxylic acid groups (broad SMARTS) is 1. The molecular formula is C41H51N5O6. The predicted molar refractivity (Wildman–Crippen MR) is 203 cm³/mol. The van der Waals surface area contributed by atoms with Crippen molar-refractivity contribution < 1.29 is 24.9 Å². The quantitative estimate of drug-likeness (QED) is 0.0847. The molecule has 2 saturated carbocycles. The van der Waals surface area contributed by atoms with Crippen molar-refractivity contribution in [1.82, 2.24) is 15.6 Å². The van der Waals surface area contributed by atoms with Crippen LogP contribution in [0.4, 0.5) is 10.5 Å². The van der Waals surface area contributed by atoms with Crippen LogP contribution in [0.5, 0.6) is 5.75 Å². The fraction of sp³-hybridized carbons (Fsp3) is 0.439. The molecule has 0 saturated heterocycles. The number of aromatic hydroxyl groups is 1. The lowest BCUT2D eigenvalue weighted by Crippen LogP contribution is -2.44. The van der Waals surface area contributed by atoms with Gasteiger partial charge < -0.3 is 36.7 Å². The number of pyridine rings is 1. The van der Waals surface area contributed by atoms with E-state index in [1.807, 2.05) is 42.5 Å². The van der Waals surface area contributed by atoms with Crippen molar-refractivity contribution in [3.63, 3.8) is 0 Å². The van der Waals surface area contributed by atoms with Gasteiger partial charge in [0.05, 0.1) is 17.3 Å². The van der Waals surface area contributed by atoms with Gasteiger partial charge in [-0.3, -0.25) is 14.5 Å². The van der Waals surface area contributed by atoms with Crippen LogP contribution in [0.1, 0.15) is 75.0 Å². The summed E-state index contributed by atoms with van der Waals surface area (Å²) < 4.78 is 0. The lowest BCUT2D eigenvalue weighted by atomic mass is 9.81. The van der Waals surface area contributed by atoms with E-state index < -0.39 is 12.2 Å². The second-order valence-corrected chi connectivity index (χ2v) is 14.5. The van der Waals surface area contributed by atoms with Gasteiger partial charge in [0.2, 0.25) is 11.5 Å². The number of aromatic nitrogens is 1. The minimum atomic E-state index is -0.951. The average molecular weight is 710 g/mol. The molecule has 276 valence electrons. The summed E-state index contributed by atoms with van der Waals surface area (Å²) in [4.78, 5) is 41.6. The first-order chi connectivity index (χ1) is 25.2. The van der Waals surface area contributed by atoms with E-state index in [0.29, 0.717) is 47.6 Å². The predicted octanol–water partition coefficient (Wildman–Crippen LogP) is 5.83. The third-order valence-corrected chi connectivity index (χ3v) is 10.9. The van der Waals surface area contributed by atoms with E-state index in [2.05, 4.69) is 21.7 Å². The highest BCUT2D eigenvalue weighted by Crippen LogP contribution is 2.37. The van der Waals surface area contributed by atoms with Gasteiger partial charge >= 0.3 is 6.09 Å². The van der Waals surface area contributed by atoms with Gasteiger partial charge in [-0.15, -0.1) is 0 Å². The lowest BCUT2D eigenvalue weighted by Gasteiger charge is -2.35. The van der Waals surface area contributed by atoms with Crippen molar-refractivity contribution in [2.24, 2.45) is 17.6 Å². The summed E-state index contributed by atoms with van der Waals surface area (Å²) >= 11 is 0. The number of anilines is 1. The van der Waals surface area contributed by atoms with Gasteiger partial charge in [0.25, 0.3) is 0 Å². The van der Waals surface area contributed by atoms with Crippen LogP contribution in [-0.4, -0.2) is 64.0 Å². The number of carbonyl (C=O) groups is 2. The van der Waals surface area contributed by atoms with E-state index in [1.54, 1.807) is 17.0 Å². The van der Waals surface area contributed by atoms with E-state index in [9.17, 15) is 29.7 Å². The Morgan fingerprint density at radius 2 is 1.67 bits per heavy atom. The Hall–Kier alpha value is -4.71. The first-order valence-corrected chi connectivity index (χ1v) is 18.7. The fourth-order valence-corrected chi connectivity index (χ4v) is 7.97. The molecule has 11 nitrogen and oxygen atoms in total. The maximum absolute atomic E-state index is 13.1. The van der Waals surface area contributed by atoms with Crippen molar-refractivity contribution in [2.75, 3.05) is 24.5 Å². The van der Waals surface area contributed by atoms with Crippen LogP contribution in [0, 0.1) is 11.8 Å². The molecule has 2 fully saturated rings. The second-order valence-electron chi connectivity index (χ2n) is 14.5. The average Bonchev–Trinajstić information content (AvgIpc) is 3.15. The van der Waals surface area contributed by atoms with Crippen LogP contribution >= 0.6 is 0 Å². The number of nitrogens with one attached hydrogen (secondary N) is 3. The molecule has 2 amide bonds. The summed E-state index contributed by atoms with van der Waals surface area (Å²) in [6.07, 6.45) is 6.28. The summed E-state index contributed by atoms with van der Waals surface area (Å²) in [6.45, 7) is 1.62. The molecule has 6 rings (SSSR count). The zero-order valence-corrected chi connectivity index (χ0v) is 29.6. The smallest absolute Gasteiger partial charge is 0.412 e. The Balaban J connectivity index is 0.966. The number of hydrogen-bond acceptors (Lipinski definition) is 7. The van der Waals surface area contributed by atoms with Crippen LogP contribution in [0.25, 0.3) is 22.0 Å². The molecule has 0 radical (unpaired) electrons. The third kappa shape index (κ3) is 9.01. The van der Waals surface area contributed by atoms with Crippen molar-refractivity contribution in [3.05, 3.63) is 94.3 Å². The molecule has 0 unspecified atom stereocenters. The van der Waals surface area contributed by atoms with E-state index in [0.717, 1.165) is 81.0 Å². The molecule has 1 heterocycles. The molecule has 1 atom stereocenters. The highest BCUT2D eigenvalue weighted by Gasteiger charge is 2.31. The SMILES string of the molecule is NC1CCC(N(C(=O)O)c2cc(CCCNC(=O)C3CCC(CNC[C@@H](O)c4ccc(O)c5[nH]c(=O)ccc45)CC3)ccc2-c2ccccc2)CC1. The largest absolute Gasteiger partial charge is 0.506 e. The number of aromatic amines is 1. The van der Waals surface area contributed by atoms with Crippen LogP contribution in [0.2, 0.25) is 0 Å². The van der Waals surface area contributed by atoms with Gasteiger partial charge in [-0.2, -0.15) is 0 Å². The molecule has 0 bridgehead atoms. The van der Waals surface area contributed by atoms with Gasteiger partial charge in [-0.05, 0) is 112 Å². The number of phenols is 1. The summed E-state index contributed by atoms with van der Waals surface area (Å²) in [5, 5.41) is 38.5. The minimum Gasteiger partial charge on any atom is -0.506 e. The summed E-state index contributed by atoms with van der Waals surface area (Å²) in [5.41, 5.74) is 10.4. The van der Waals surface area contributed by atoms with Gasteiger partial charge in [0.15, 0.2) is 0 Å². The van der Waals surface area contributed by atoms with Crippen LogP contribution in [0.3, 0.4) is 0 Å². The van der Waals surface area contributed by atoms with Crippen LogP contribution in [-0.2, 0) is 11.2 Å². The number of H-pyrrole nitrogens is 1. The monoisotopic (exact) mass is 709 g/mol. The molecule has 11 heteroatoms.